The quantitative estimate of drug-likeness (QED) is 0.793. The summed E-state index contributed by atoms with van der Waals surface area (Å²) < 4.78 is 0. The average Bonchev–Trinajstić information content (AvgIpc) is 2.31. The van der Waals surface area contributed by atoms with Crippen LogP contribution in [0.25, 0.3) is 0 Å². The molecule has 0 unspecified atom stereocenters. The van der Waals surface area contributed by atoms with Crippen molar-refractivity contribution in [2.45, 2.75) is 38.5 Å². The minimum atomic E-state index is -0.0798. The number of hydrogen-bond donors (Lipinski definition) is 2. The van der Waals surface area contributed by atoms with E-state index < -0.39 is 0 Å². The first-order chi connectivity index (χ1) is 7.84. The molecule has 0 radical (unpaired) electrons. The Morgan fingerprint density at radius 2 is 1.06 bits per heavy atom. The smallest absolute Gasteiger partial charge is 0.270 e. The summed E-state index contributed by atoms with van der Waals surface area (Å²) in [5.74, 6) is 0. The number of nitrogens with zero attached hydrogens (tertiary/aromatic N) is 2. The average molecular weight is 263 g/mol. The van der Waals surface area contributed by atoms with E-state index in [0.717, 1.165) is 26.2 Å². The van der Waals surface area contributed by atoms with E-state index in [4.69, 9.17) is 0 Å². The van der Waals surface area contributed by atoms with Crippen molar-refractivity contribution in [2.75, 3.05) is 26.2 Å². The van der Waals surface area contributed by atoms with Crippen LogP contribution in [0.4, 0.5) is 4.79 Å². The van der Waals surface area contributed by atoms with Gasteiger partial charge in [0.15, 0.2) is 0 Å². The van der Waals surface area contributed by atoms with Crippen LogP contribution < -0.4 is 10.9 Å². The fourth-order valence-electron chi connectivity index (χ4n) is 2.32. The van der Waals surface area contributed by atoms with Crippen LogP contribution in [0, 0.1) is 0 Å². The van der Waals surface area contributed by atoms with E-state index in [1.807, 2.05) is 10.0 Å². The molecule has 0 aliphatic carbocycles. The maximum absolute atomic E-state index is 11.7. The molecule has 0 atom stereocenters. The molecule has 0 aromatic heterocycles. The minimum absolute atomic E-state index is 0. The predicted molar refractivity (Wildman–Crippen MR) is 69.8 cm³/mol. The molecule has 2 saturated heterocycles. The third-order valence-corrected chi connectivity index (χ3v) is 3.23. The molecule has 0 aromatic rings. The second-order valence-corrected chi connectivity index (χ2v) is 4.65. The van der Waals surface area contributed by atoms with E-state index in [9.17, 15) is 4.79 Å². The molecule has 2 aliphatic rings. The van der Waals surface area contributed by atoms with Gasteiger partial charge in [0.25, 0.3) is 0 Å². The number of rotatable bonds is 2. The molecule has 0 spiro atoms. The number of amides is 2. The third-order valence-electron chi connectivity index (χ3n) is 3.23. The van der Waals surface area contributed by atoms with E-state index >= 15 is 0 Å². The maximum Gasteiger partial charge on any atom is 0.343 e. The van der Waals surface area contributed by atoms with Crippen LogP contribution in [0.3, 0.4) is 0 Å². The van der Waals surface area contributed by atoms with Gasteiger partial charge >= 0.3 is 6.03 Å². The van der Waals surface area contributed by atoms with Gasteiger partial charge in [-0.15, -0.1) is 12.4 Å². The number of piperidine rings is 2. The van der Waals surface area contributed by atoms with Crippen molar-refractivity contribution in [3.05, 3.63) is 0 Å². The second kappa shape index (κ2) is 7.74. The molecule has 6 heteroatoms. The molecule has 2 rings (SSSR count). The van der Waals surface area contributed by atoms with E-state index in [-0.39, 0.29) is 18.4 Å². The highest BCUT2D eigenvalue weighted by atomic mass is 35.5. The molecule has 2 aliphatic heterocycles. The zero-order valence-electron chi connectivity index (χ0n) is 10.3. The fourth-order valence-corrected chi connectivity index (χ4v) is 2.32. The SMILES string of the molecule is Cl.O=C(NN1CCCCC1)NN1CCCCC1. The zero-order chi connectivity index (χ0) is 11.2. The monoisotopic (exact) mass is 262 g/mol. The van der Waals surface area contributed by atoms with Gasteiger partial charge in [0.2, 0.25) is 0 Å². The van der Waals surface area contributed by atoms with E-state index in [2.05, 4.69) is 10.9 Å². The summed E-state index contributed by atoms with van der Waals surface area (Å²) in [5.41, 5.74) is 5.82. The highest BCUT2D eigenvalue weighted by Gasteiger charge is 2.15. The van der Waals surface area contributed by atoms with Crippen LogP contribution in [0.15, 0.2) is 0 Å². The molecule has 0 saturated carbocycles. The number of carbonyl (C=O) groups is 1. The molecular weight excluding hydrogens is 240 g/mol. The zero-order valence-corrected chi connectivity index (χ0v) is 11.1. The Bertz CT molecular complexity index is 206. The lowest BCUT2D eigenvalue weighted by Crippen LogP contribution is -2.54. The van der Waals surface area contributed by atoms with Crippen LogP contribution in [0.5, 0.6) is 0 Å². The van der Waals surface area contributed by atoms with Gasteiger partial charge in [0.05, 0.1) is 0 Å². The van der Waals surface area contributed by atoms with Gasteiger partial charge in [0.1, 0.15) is 0 Å². The van der Waals surface area contributed by atoms with Crippen molar-refractivity contribution in [3.8, 4) is 0 Å². The summed E-state index contributed by atoms with van der Waals surface area (Å²) in [7, 11) is 0. The molecule has 2 N–H and O–H groups in total. The standard InChI is InChI=1S/C11H22N4O.ClH/c16-11(12-14-7-3-1-4-8-14)13-15-9-5-2-6-10-15;/h1-10H2,(H2,12,13,16);1H. The summed E-state index contributed by atoms with van der Waals surface area (Å²) in [5, 5.41) is 4.03. The topological polar surface area (TPSA) is 47.6 Å². The third kappa shape index (κ3) is 5.10. The fraction of sp³-hybridized carbons (Fsp3) is 0.909. The van der Waals surface area contributed by atoms with E-state index in [1.165, 1.54) is 38.5 Å². The summed E-state index contributed by atoms with van der Waals surface area (Å²) in [6.07, 6.45) is 7.31. The Balaban J connectivity index is 0.00000144. The Hall–Kier alpha value is -0.520. The van der Waals surface area contributed by atoms with E-state index in [1.54, 1.807) is 0 Å². The highest BCUT2D eigenvalue weighted by Crippen LogP contribution is 2.07. The highest BCUT2D eigenvalue weighted by molar-refractivity contribution is 5.85. The van der Waals surface area contributed by atoms with Crippen molar-refractivity contribution < 1.29 is 4.79 Å². The molecule has 5 nitrogen and oxygen atoms in total. The van der Waals surface area contributed by atoms with Crippen LogP contribution in [0.2, 0.25) is 0 Å². The first-order valence-corrected chi connectivity index (χ1v) is 6.42. The molecule has 2 fully saturated rings. The molecule has 2 amide bonds. The lowest BCUT2D eigenvalue weighted by Gasteiger charge is -2.30. The van der Waals surface area contributed by atoms with Gasteiger partial charge in [-0.2, -0.15) is 0 Å². The Labute approximate surface area is 109 Å². The molecule has 100 valence electrons. The van der Waals surface area contributed by atoms with Crippen molar-refractivity contribution in [2.24, 2.45) is 0 Å². The maximum atomic E-state index is 11.7. The van der Waals surface area contributed by atoms with Crippen molar-refractivity contribution in [1.82, 2.24) is 20.9 Å². The Morgan fingerprint density at radius 1 is 0.706 bits per heavy atom. The largest absolute Gasteiger partial charge is 0.343 e. The lowest BCUT2D eigenvalue weighted by molar-refractivity contribution is 0.119. The van der Waals surface area contributed by atoms with Gasteiger partial charge in [-0.1, -0.05) is 12.8 Å². The number of halogens is 1. The van der Waals surface area contributed by atoms with Crippen molar-refractivity contribution in [1.29, 1.82) is 0 Å². The first kappa shape index (κ1) is 14.5. The van der Waals surface area contributed by atoms with Gasteiger partial charge in [0, 0.05) is 26.2 Å². The molecule has 0 bridgehead atoms. The van der Waals surface area contributed by atoms with Gasteiger partial charge in [-0.05, 0) is 25.7 Å². The van der Waals surface area contributed by atoms with Gasteiger partial charge in [-0.25, -0.2) is 14.8 Å². The molecule has 2 heterocycles. The number of nitrogens with one attached hydrogen (secondary N) is 2. The molecular formula is C11H23ClN4O. The Kier molecular flexibility index (Phi) is 6.62. The van der Waals surface area contributed by atoms with Crippen LogP contribution in [0.1, 0.15) is 38.5 Å². The van der Waals surface area contributed by atoms with Crippen molar-refractivity contribution >= 4 is 18.4 Å². The number of hydrogen-bond acceptors (Lipinski definition) is 3. The number of hydrazine groups is 2. The summed E-state index contributed by atoms with van der Waals surface area (Å²) in [6, 6.07) is -0.0798. The normalized spacial score (nSPS) is 22.6. The predicted octanol–water partition coefficient (Wildman–Crippen LogP) is 1.51. The molecule has 17 heavy (non-hydrogen) atoms. The van der Waals surface area contributed by atoms with Crippen LogP contribution in [-0.2, 0) is 0 Å². The summed E-state index contributed by atoms with van der Waals surface area (Å²) in [6.45, 7) is 3.92. The first-order valence-electron chi connectivity index (χ1n) is 6.42. The van der Waals surface area contributed by atoms with Crippen LogP contribution >= 0.6 is 12.4 Å². The number of carbonyl (C=O) groups excluding carboxylic acids is 1. The summed E-state index contributed by atoms with van der Waals surface area (Å²) in [4.78, 5) is 11.7. The van der Waals surface area contributed by atoms with Gasteiger partial charge < -0.3 is 0 Å². The van der Waals surface area contributed by atoms with Crippen LogP contribution in [-0.4, -0.2) is 42.2 Å². The van der Waals surface area contributed by atoms with Gasteiger partial charge in [-0.3, -0.25) is 10.9 Å². The van der Waals surface area contributed by atoms with Crippen molar-refractivity contribution in [3.63, 3.8) is 0 Å². The minimum Gasteiger partial charge on any atom is -0.270 e. The summed E-state index contributed by atoms with van der Waals surface area (Å²) >= 11 is 0. The number of urea groups is 1. The van der Waals surface area contributed by atoms with E-state index in [0.29, 0.717) is 0 Å². The Morgan fingerprint density at radius 3 is 1.41 bits per heavy atom. The second-order valence-electron chi connectivity index (χ2n) is 4.65. The lowest BCUT2D eigenvalue weighted by atomic mass is 10.2. The molecule has 0 aromatic carbocycles.